The van der Waals surface area contributed by atoms with Crippen LogP contribution >= 0.6 is 0 Å². The molecule has 6 nitrogen and oxygen atoms in total. The number of rotatable bonds is 6. The van der Waals surface area contributed by atoms with Crippen molar-refractivity contribution in [3.8, 4) is 0 Å². The van der Waals surface area contributed by atoms with Gasteiger partial charge in [0.05, 0.1) is 5.25 Å². The third-order valence-corrected chi connectivity index (χ3v) is 4.68. The largest absolute Gasteiger partial charge is 0.481 e. The number of nitrogens with one attached hydrogen (secondary N) is 1. The first-order valence-electron chi connectivity index (χ1n) is 5.70. The van der Waals surface area contributed by atoms with Crippen molar-refractivity contribution in [1.29, 1.82) is 0 Å². The Bertz CT molecular complexity index is 348. The van der Waals surface area contributed by atoms with Crippen molar-refractivity contribution in [3.63, 3.8) is 0 Å². The average molecular weight is 265 g/mol. The van der Waals surface area contributed by atoms with E-state index in [4.69, 9.17) is 9.84 Å². The van der Waals surface area contributed by atoms with E-state index in [0.717, 1.165) is 0 Å². The fourth-order valence-corrected chi connectivity index (χ4v) is 3.30. The highest BCUT2D eigenvalue weighted by Gasteiger charge is 2.27. The second-order valence-corrected chi connectivity index (χ2v) is 6.45. The van der Waals surface area contributed by atoms with Crippen LogP contribution in [-0.2, 0) is 19.6 Å². The van der Waals surface area contributed by atoms with Gasteiger partial charge in [-0.2, -0.15) is 0 Å². The van der Waals surface area contributed by atoms with Gasteiger partial charge in [0.15, 0.2) is 0 Å². The molecule has 0 radical (unpaired) electrons. The molecule has 7 heteroatoms. The number of ether oxygens (including phenoxy) is 1. The lowest BCUT2D eigenvalue weighted by Gasteiger charge is -2.23. The zero-order chi connectivity index (χ0) is 12.9. The fraction of sp³-hybridized carbons (Fsp3) is 0.900. The SMILES string of the molecule is CC(CNS(=O)(=O)C1CCOCC1)CC(=O)O. The first-order valence-corrected chi connectivity index (χ1v) is 7.24. The molecule has 2 N–H and O–H groups in total. The number of hydrogen-bond acceptors (Lipinski definition) is 4. The van der Waals surface area contributed by atoms with Crippen LogP contribution in [0.15, 0.2) is 0 Å². The molecule has 1 aliphatic rings. The van der Waals surface area contributed by atoms with E-state index in [1.165, 1.54) is 0 Å². The first kappa shape index (κ1) is 14.4. The molecule has 17 heavy (non-hydrogen) atoms. The summed E-state index contributed by atoms with van der Waals surface area (Å²) in [5.74, 6) is -1.12. The van der Waals surface area contributed by atoms with Gasteiger partial charge in [0.2, 0.25) is 10.0 Å². The van der Waals surface area contributed by atoms with Crippen molar-refractivity contribution < 1.29 is 23.1 Å². The maximum atomic E-state index is 11.9. The summed E-state index contributed by atoms with van der Waals surface area (Å²) in [5.41, 5.74) is 0. The van der Waals surface area contributed by atoms with Crippen molar-refractivity contribution in [3.05, 3.63) is 0 Å². The molecule has 1 fully saturated rings. The van der Waals surface area contributed by atoms with Gasteiger partial charge in [0.25, 0.3) is 0 Å². The Labute approximate surface area is 101 Å². The van der Waals surface area contributed by atoms with Gasteiger partial charge in [0, 0.05) is 26.2 Å². The van der Waals surface area contributed by atoms with Crippen molar-refractivity contribution in [2.45, 2.75) is 31.4 Å². The number of carbonyl (C=O) groups is 1. The molecule has 0 aromatic rings. The van der Waals surface area contributed by atoms with E-state index >= 15 is 0 Å². The number of carboxylic acid groups (broad SMARTS) is 1. The molecule has 0 bridgehead atoms. The summed E-state index contributed by atoms with van der Waals surface area (Å²) in [5, 5.41) is 8.16. The van der Waals surface area contributed by atoms with E-state index in [1.54, 1.807) is 6.92 Å². The minimum absolute atomic E-state index is 0.0315. The molecule has 0 aliphatic carbocycles. The van der Waals surface area contributed by atoms with Gasteiger partial charge in [-0.15, -0.1) is 0 Å². The summed E-state index contributed by atoms with van der Waals surface area (Å²) >= 11 is 0. The van der Waals surface area contributed by atoms with Crippen LogP contribution in [0.5, 0.6) is 0 Å². The molecule has 0 amide bonds. The Morgan fingerprint density at radius 1 is 1.47 bits per heavy atom. The third-order valence-electron chi connectivity index (χ3n) is 2.76. The normalized spacial score (nSPS) is 20.1. The van der Waals surface area contributed by atoms with E-state index in [0.29, 0.717) is 26.1 Å². The molecule has 1 atom stereocenters. The van der Waals surface area contributed by atoms with Gasteiger partial charge in [0.1, 0.15) is 0 Å². The zero-order valence-electron chi connectivity index (χ0n) is 9.89. The Hall–Kier alpha value is -0.660. The lowest BCUT2D eigenvalue weighted by Crippen LogP contribution is -2.39. The number of aliphatic carboxylic acids is 1. The van der Waals surface area contributed by atoms with Gasteiger partial charge in [-0.1, -0.05) is 6.92 Å². The van der Waals surface area contributed by atoms with Crippen LogP contribution in [0.3, 0.4) is 0 Å². The lowest BCUT2D eigenvalue weighted by atomic mass is 10.1. The van der Waals surface area contributed by atoms with Crippen LogP contribution in [-0.4, -0.2) is 44.5 Å². The summed E-state index contributed by atoms with van der Waals surface area (Å²) < 4.78 is 31.3. The van der Waals surface area contributed by atoms with Crippen molar-refractivity contribution in [2.75, 3.05) is 19.8 Å². The molecule has 1 unspecified atom stereocenters. The van der Waals surface area contributed by atoms with E-state index in [1.807, 2.05) is 0 Å². The maximum Gasteiger partial charge on any atom is 0.303 e. The molecule has 0 aromatic carbocycles. The van der Waals surface area contributed by atoms with Crippen molar-refractivity contribution >= 4 is 16.0 Å². The second-order valence-electron chi connectivity index (χ2n) is 4.41. The highest BCUT2D eigenvalue weighted by molar-refractivity contribution is 7.90. The predicted molar refractivity (Wildman–Crippen MR) is 62.2 cm³/mol. The molecule has 1 saturated heterocycles. The fourth-order valence-electron chi connectivity index (χ4n) is 1.73. The average Bonchev–Trinajstić information content (AvgIpc) is 2.27. The van der Waals surface area contributed by atoms with Crippen LogP contribution in [0, 0.1) is 5.92 Å². The van der Waals surface area contributed by atoms with E-state index in [-0.39, 0.29) is 18.9 Å². The molecule has 0 aromatic heterocycles. The van der Waals surface area contributed by atoms with E-state index < -0.39 is 21.2 Å². The van der Waals surface area contributed by atoms with Crippen molar-refractivity contribution in [1.82, 2.24) is 4.72 Å². The van der Waals surface area contributed by atoms with E-state index in [2.05, 4.69) is 4.72 Å². The molecule has 1 rings (SSSR count). The standard InChI is InChI=1S/C10H19NO5S/c1-8(6-10(12)13)7-11-17(14,15)9-2-4-16-5-3-9/h8-9,11H,2-7H2,1H3,(H,12,13). The van der Waals surface area contributed by atoms with Crippen LogP contribution < -0.4 is 4.72 Å². The Morgan fingerprint density at radius 3 is 2.59 bits per heavy atom. The summed E-state index contributed by atoms with van der Waals surface area (Å²) in [4.78, 5) is 10.4. The molecular weight excluding hydrogens is 246 g/mol. The molecular formula is C10H19NO5S. The number of carboxylic acids is 1. The topological polar surface area (TPSA) is 92.7 Å². The Balaban J connectivity index is 2.40. The van der Waals surface area contributed by atoms with Gasteiger partial charge in [-0.3, -0.25) is 4.79 Å². The summed E-state index contributed by atoms with van der Waals surface area (Å²) in [7, 11) is -3.34. The summed E-state index contributed by atoms with van der Waals surface area (Å²) in [6.45, 7) is 2.82. The third kappa shape index (κ3) is 5.01. The zero-order valence-corrected chi connectivity index (χ0v) is 10.7. The van der Waals surface area contributed by atoms with Crippen LogP contribution in [0.4, 0.5) is 0 Å². The monoisotopic (exact) mass is 265 g/mol. The van der Waals surface area contributed by atoms with Crippen LogP contribution in [0.25, 0.3) is 0 Å². The molecule has 0 spiro atoms. The van der Waals surface area contributed by atoms with Crippen molar-refractivity contribution in [2.24, 2.45) is 5.92 Å². The van der Waals surface area contributed by atoms with E-state index in [9.17, 15) is 13.2 Å². The first-order chi connectivity index (χ1) is 7.92. The predicted octanol–water partition coefficient (Wildman–Crippen LogP) is 0.196. The molecule has 0 saturated carbocycles. The quantitative estimate of drug-likeness (QED) is 0.715. The summed E-state index contributed by atoms with van der Waals surface area (Å²) in [6.07, 6.45) is 0.974. The van der Waals surface area contributed by atoms with Gasteiger partial charge >= 0.3 is 5.97 Å². The highest BCUT2D eigenvalue weighted by atomic mass is 32.2. The second kappa shape index (κ2) is 6.32. The molecule has 1 aliphatic heterocycles. The maximum absolute atomic E-state index is 11.9. The number of hydrogen-bond donors (Lipinski definition) is 2. The highest BCUT2D eigenvalue weighted by Crippen LogP contribution is 2.15. The minimum Gasteiger partial charge on any atom is -0.481 e. The van der Waals surface area contributed by atoms with Gasteiger partial charge in [-0.05, 0) is 18.8 Å². The lowest BCUT2D eigenvalue weighted by molar-refractivity contribution is -0.137. The smallest absolute Gasteiger partial charge is 0.303 e. The summed E-state index contributed by atoms with van der Waals surface area (Å²) in [6, 6.07) is 0. The van der Waals surface area contributed by atoms with Gasteiger partial charge < -0.3 is 9.84 Å². The number of sulfonamides is 1. The van der Waals surface area contributed by atoms with Crippen LogP contribution in [0.2, 0.25) is 0 Å². The molecule has 100 valence electrons. The van der Waals surface area contributed by atoms with Gasteiger partial charge in [-0.25, -0.2) is 13.1 Å². The Morgan fingerprint density at radius 2 is 2.06 bits per heavy atom. The van der Waals surface area contributed by atoms with Crippen LogP contribution in [0.1, 0.15) is 26.2 Å². The molecule has 1 heterocycles. The minimum atomic E-state index is -3.34. The Kier molecular flexibility index (Phi) is 5.35.